The number of aromatic nitrogens is 2. The van der Waals surface area contributed by atoms with E-state index < -0.39 is 11.2 Å². The van der Waals surface area contributed by atoms with E-state index in [1.54, 1.807) is 43.5 Å². The van der Waals surface area contributed by atoms with Gasteiger partial charge in [0, 0.05) is 22.8 Å². The lowest BCUT2D eigenvalue weighted by Crippen LogP contribution is -2.36. The predicted octanol–water partition coefficient (Wildman–Crippen LogP) is 3.50. The Hall–Kier alpha value is -2.71. The number of benzene rings is 2. The number of anilines is 1. The van der Waals surface area contributed by atoms with E-state index in [-0.39, 0.29) is 10.9 Å². The number of carbonyl (C=O) groups excluding carboxylic acids is 1. The Morgan fingerprint density at radius 2 is 2.07 bits per heavy atom. The van der Waals surface area contributed by atoms with Crippen molar-refractivity contribution < 1.29 is 23.8 Å². The molecule has 2 aromatic carbocycles. The van der Waals surface area contributed by atoms with Gasteiger partial charge in [-0.05, 0) is 59.6 Å². The van der Waals surface area contributed by atoms with Gasteiger partial charge in [0.25, 0.3) is 5.03 Å². The molecule has 0 fully saturated rings. The van der Waals surface area contributed by atoms with Crippen LogP contribution >= 0.6 is 23.4 Å². The van der Waals surface area contributed by atoms with Gasteiger partial charge < -0.3 is 19.7 Å². The third-order valence-corrected chi connectivity index (χ3v) is 6.05. The fraction of sp³-hybridized carbons (Fsp3) is 0.250. The van der Waals surface area contributed by atoms with E-state index in [1.165, 1.54) is 4.68 Å². The molecule has 0 saturated heterocycles. The Kier molecular flexibility index (Phi) is 6.66. The molecule has 1 aromatic heterocycles. The second-order valence-electron chi connectivity index (χ2n) is 6.24. The van der Waals surface area contributed by atoms with Gasteiger partial charge in [0.2, 0.25) is 11.6 Å². The lowest BCUT2D eigenvalue weighted by atomic mass is 10.2. The minimum atomic E-state index is -0.601. The summed E-state index contributed by atoms with van der Waals surface area (Å²) in [4.78, 5) is 12.8. The highest BCUT2D eigenvalue weighted by atomic mass is 35.5. The molecule has 1 heterocycles. The quantitative estimate of drug-likeness (QED) is 0.453. The first-order chi connectivity index (χ1) is 13.9. The molecule has 0 aliphatic rings. The topological polar surface area (TPSA) is 91.3 Å². The number of ether oxygens (including phenoxy) is 1. The fourth-order valence-corrected chi connectivity index (χ4v) is 3.73. The van der Waals surface area contributed by atoms with Crippen LogP contribution in [0.1, 0.15) is 18.9 Å². The second kappa shape index (κ2) is 9.19. The van der Waals surface area contributed by atoms with Crippen LogP contribution in [0.2, 0.25) is 5.02 Å². The number of hydrogen-bond acceptors (Lipinski definition) is 6. The van der Waals surface area contributed by atoms with Crippen molar-refractivity contribution in [3.05, 3.63) is 53.1 Å². The van der Waals surface area contributed by atoms with Crippen LogP contribution in [0, 0.1) is 6.92 Å². The van der Waals surface area contributed by atoms with Crippen LogP contribution in [0.5, 0.6) is 11.7 Å². The normalized spacial score (nSPS) is 11.9. The molecule has 0 spiro atoms. The van der Waals surface area contributed by atoms with E-state index in [1.807, 2.05) is 19.9 Å². The summed E-state index contributed by atoms with van der Waals surface area (Å²) >= 11 is 7.23. The predicted molar refractivity (Wildman–Crippen MR) is 109 cm³/mol. The van der Waals surface area contributed by atoms with Gasteiger partial charge in [-0.25, -0.2) is 0 Å². The monoisotopic (exact) mass is 433 g/mol. The zero-order valence-corrected chi connectivity index (χ0v) is 17.7. The minimum Gasteiger partial charge on any atom is -0.538 e. The van der Waals surface area contributed by atoms with Crippen molar-refractivity contribution >= 4 is 35.0 Å². The molecule has 29 heavy (non-hydrogen) atoms. The minimum absolute atomic E-state index is 0.221. The average Bonchev–Trinajstić information content (AvgIpc) is 3.09. The zero-order valence-electron chi connectivity index (χ0n) is 16.1. The molecule has 3 rings (SSSR count). The molecule has 9 heteroatoms. The Labute approximate surface area is 177 Å². The van der Waals surface area contributed by atoms with Crippen LogP contribution in [0.15, 0.2) is 52.0 Å². The van der Waals surface area contributed by atoms with Crippen molar-refractivity contribution in [1.29, 1.82) is 0 Å². The van der Waals surface area contributed by atoms with Gasteiger partial charge in [-0.2, -0.15) is 0 Å². The Morgan fingerprint density at radius 1 is 1.34 bits per heavy atom. The van der Waals surface area contributed by atoms with Crippen LogP contribution in [0.4, 0.5) is 5.69 Å². The van der Waals surface area contributed by atoms with Gasteiger partial charge >= 0.3 is 0 Å². The van der Waals surface area contributed by atoms with Crippen LogP contribution in [0.3, 0.4) is 0 Å². The van der Waals surface area contributed by atoms with E-state index in [2.05, 4.69) is 10.6 Å². The van der Waals surface area contributed by atoms with Gasteiger partial charge in [-0.3, -0.25) is 4.79 Å². The summed E-state index contributed by atoms with van der Waals surface area (Å²) < 4.78 is 11.4. The number of thioether (sulfide) groups is 1. The van der Waals surface area contributed by atoms with Gasteiger partial charge in [0.15, 0.2) is 5.95 Å². The SMILES string of the molecule is CCC(Sc1c([O-])on[n+]1-c1ccc(OC)cc1)C(=O)Nc1ccc(C)c(Cl)c1. The third kappa shape index (κ3) is 4.83. The molecule has 0 aliphatic heterocycles. The highest BCUT2D eigenvalue weighted by molar-refractivity contribution is 8.00. The first-order valence-corrected chi connectivity index (χ1v) is 10.2. The van der Waals surface area contributed by atoms with Gasteiger partial charge in [-0.1, -0.05) is 24.6 Å². The smallest absolute Gasteiger partial charge is 0.298 e. The molecule has 0 saturated carbocycles. The van der Waals surface area contributed by atoms with Crippen LogP contribution in [-0.4, -0.2) is 23.5 Å². The number of halogens is 1. The van der Waals surface area contributed by atoms with Gasteiger partial charge in [0.1, 0.15) is 5.75 Å². The number of amides is 1. The number of methoxy groups -OCH3 is 1. The molecule has 0 radical (unpaired) electrons. The average molecular weight is 434 g/mol. The van der Waals surface area contributed by atoms with Crippen LogP contribution in [0.25, 0.3) is 5.69 Å². The van der Waals surface area contributed by atoms with E-state index >= 15 is 0 Å². The standard InChI is InChI=1S/C20H20ClN3O4S/c1-4-17(18(25)22-13-6-5-12(2)16(21)11-13)29-19-20(26)28-23-24(19)14-7-9-15(27-3)10-8-14/h5-11,17H,4H2,1-3H3,(H-,22,23,25,26). The summed E-state index contributed by atoms with van der Waals surface area (Å²) in [5.74, 6) is -0.160. The maximum absolute atomic E-state index is 12.8. The Bertz CT molecular complexity index is 1010. The highest BCUT2D eigenvalue weighted by Gasteiger charge is 2.28. The Morgan fingerprint density at radius 3 is 2.69 bits per heavy atom. The lowest BCUT2D eigenvalue weighted by Gasteiger charge is -2.13. The van der Waals surface area contributed by atoms with Crippen molar-refractivity contribution in [3.8, 4) is 17.4 Å². The molecule has 3 aromatic rings. The number of carbonyl (C=O) groups is 1. The highest BCUT2D eigenvalue weighted by Crippen LogP contribution is 2.30. The number of nitrogens with zero attached hydrogens (tertiary/aromatic N) is 2. The molecule has 1 atom stereocenters. The Balaban J connectivity index is 1.80. The fourth-order valence-electron chi connectivity index (χ4n) is 2.58. The van der Waals surface area contributed by atoms with E-state index in [0.717, 1.165) is 17.3 Å². The second-order valence-corrected chi connectivity index (χ2v) is 7.84. The maximum Gasteiger partial charge on any atom is 0.298 e. The van der Waals surface area contributed by atoms with E-state index in [4.69, 9.17) is 20.9 Å². The van der Waals surface area contributed by atoms with Crippen molar-refractivity contribution in [1.82, 2.24) is 5.27 Å². The van der Waals surface area contributed by atoms with E-state index in [9.17, 15) is 9.90 Å². The number of aryl methyl sites for hydroxylation is 1. The summed E-state index contributed by atoms with van der Waals surface area (Å²) in [7, 11) is 1.57. The van der Waals surface area contributed by atoms with Gasteiger partial charge in [0.05, 0.1) is 17.6 Å². The molecular formula is C20H20ClN3O4S. The molecule has 1 unspecified atom stereocenters. The van der Waals surface area contributed by atoms with Crippen molar-refractivity contribution in [2.75, 3.05) is 12.4 Å². The van der Waals surface area contributed by atoms with Crippen LogP contribution < -0.4 is 19.8 Å². The number of rotatable bonds is 7. The van der Waals surface area contributed by atoms with Crippen LogP contribution in [-0.2, 0) is 4.79 Å². The summed E-state index contributed by atoms with van der Waals surface area (Å²) in [6.45, 7) is 3.76. The molecule has 7 nitrogen and oxygen atoms in total. The van der Waals surface area contributed by atoms with Crippen molar-refractivity contribution in [2.45, 2.75) is 30.5 Å². The van der Waals surface area contributed by atoms with Crippen molar-refractivity contribution in [2.24, 2.45) is 0 Å². The molecular weight excluding hydrogens is 414 g/mol. The lowest BCUT2D eigenvalue weighted by molar-refractivity contribution is -0.705. The summed E-state index contributed by atoms with van der Waals surface area (Å²) in [6, 6.07) is 12.3. The number of nitrogens with one attached hydrogen (secondary N) is 1. The van der Waals surface area contributed by atoms with E-state index in [0.29, 0.717) is 28.6 Å². The summed E-state index contributed by atoms with van der Waals surface area (Å²) in [5, 5.41) is 19.1. The van der Waals surface area contributed by atoms with Crippen molar-refractivity contribution in [3.63, 3.8) is 0 Å². The first-order valence-electron chi connectivity index (χ1n) is 8.90. The summed E-state index contributed by atoms with van der Waals surface area (Å²) in [5.41, 5.74) is 2.15. The maximum atomic E-state index is 12.8. The zero-order chi connectivity index (χ0) is 21.0. The molecule has 0 bridgehead atoms. The third-order valence-electron chi connectivity index (χ3n) is 4.25. The largest absolute Gasteiger partial charge is 0.538 e. The van der Waals surface area contributed by atoms with Gasteiger partial charge in [-0.15, -0.1) is 0 Å². The molecule has 1 N–H and O–H groups in total. The molecule has 0 aliphatic carbocycles. The molecule has 1 amide bonds. The number of hydrogen-bond donors (Lipinski definition) is 1. The summed E-state index contributed by atoms with van der Waals surface area (Å²) in [6.07, 6.45) is 0.503. The molecule has 152 valence electrons. The first kappa shape index (κ1) is 21.0.